The second kappa shape index (κ2) is 5.61. The summed E-state index contributed by atoms with van der Waals surface area (Å²) in [4.78, 5) is 0. The average Bonchev–Trinajstić information content (AvgIpc) is 3.06. The number of sulfone groups is 1. The van der Waals surface area contributed by atoms with Gasteiger partial charge in [0, 0.05) is 6.04 Å². The third-order valence-electron chi connectivity index (χ3n) is 4.94. The van der Waals surface area contributed by atoms with Gasteiger partial charge >= 0.3 is 0 Å². The van der Waals surface area contributed by atoms with Gasteiger partial charge in [0.15, 0.2) is 9.84 Å². The highest BCUT2D eigenvalue weighted by molar-refractivity contribution is 7.92. The van der Waals surface area contributed by atoms with E-state index < -0.39 is 21.1 Å². The van der Waals surface area contributed by atoms with Crippen LogP contribution in [0.4, 0.5) is 0 Å². The zero-order valence-electron chi connectivity index (χ0n) is 12.4. The molecule has 0 amide bonds. The highest BCUT2D eigenvalue weighted by atomic mass is 32.2. The number of methoxy groups -OCH3 is 1. The van der Waals surface area contributed by atoms with Crippen LogP contribution in [0.5, 0.6) is 5.75 Å². The normalized spacial score (nSPS) is 26.0. The molecule has 1 aromatic carbocycles. The van der Waals surface area contributed by atoms with Crippen LogP contribution in [0.15, 0.2) is 18.2 Å². The van der Waals surface area contributed by atoms with Gasteiger partial charge in [-0.05, 0) is 48.4 Å². The summed E-state index contributed by atoms with van der Waals surface area (Å²) >= 11 is 0. The Labute approximate surface area is 126 Å². The molecule has 1 fully saturated rings. The predicted octanol–water partition coefficient (Wildman–Crippen LogP) is 2.22. The number of nitrogens with two attached hydrogens (primary N) is 1. The molecule has 0 spiro atoms. The van der Waals surface area contributed by atoms with Crippen LogP contribution in [0.25, 0.3) is 0 Å². The van der Waals surface area contributed by atoms with E-state index in [2.05, 4.69) is 0 Å². The van der Waals surface area contributed by atoms with E-state index >= 15 is 0 Å². The molecular formula is C16H23NO3S. The average molecular weight is 309 g/mol. The van der Waals surface area contributed by atoms with Crippen molar-refractivity contribution in [2.75, 3.05) is 12.9 Å². The summed E-state index contributed by atoms with van der Waals surface area (Å²) < 4.78 is 30.6. The quantitative estimate of drug-likeness (QED) is 0.926. The van der Waals surface area contributed by atoms with Gasteiger partial charge < -0.3 is 10.5 Å². The molecule has 1 saturated carbocycles. The van der Waals surface area contributed by atoms with Gasteiger partial charge in [-0.15, -0.1) is 0 Å². The van der Waals surface area contributed by atoms with Gasteiger partial charge in [-0.3, -0.25) is 0 Å². The maximum Gasteiger partial charge on any atom is 0.155 e. The predicted molar refractivity (Wildman–Crippen MR) is 83.2 cm³/mol. The molecule has 2 atom stereocenters. The molecular weight excluding hydrogens is 286 g/mol. The third kappa shape index (κ3) is 2.81. The molecule has 4 nitrogen and oxygen atoms in total. The van der Waals surface area contributed by atoms with Crippen LogP contribution >= 0.6 is 0 Å². The van der Waals surface area contributed by atoms with Crippen molar-refractivity contribution in [3.05, 3.63) is 29.3 Å². The van der Waals surface area contributed by atoms with Crippen molar-refractivity contribution in [1.29, 1.82) is 0 Å². The van der Waals surface area contributed by atoms with Gasteiger partial charge in [0.05, 0.1) is 18.1 Å². The molecule has 21 heavy (non-hydrogen) atoms. The Morgan fingerprint density at radius 1 is 1.29 bits per heavy atom. The number of rotatable bonds is 4. The van der Waals surface area contributed by atoms with Crippen LogP contribution in [0.2, 0.25) is 0 Å². The molecule has 1 aromatic rings. The minimum Gasteiger partial charge on any atom is -0.497 e. The highest BCUT2D eigenvalue weighted by Gasteiger charge is 2.40. The van der Waals surface area contributed by atoms with E-state index in [0.717, 1.165) is 42.6 Å². The monoisotopic (exact) mass is 309 g/mol. The highest BCUT2D eigenvalue weighted by Crippen LogP contribution is 2.38. The van der Waals surface area contributed by atoms with E-state index in [4.69, 9.17) is 10.5 Å². The fraction of sp³-hybridized carbons (Fsp3) is 0.625. The Bertz CT molecular complexity index is 620. The molecule has 0 heterocycles. The summed E-state index contributed by atoms with van der Waals surface area (Å²) in [5.41, 5.74) is 8.21. The van der Waals surface area contributed by atoms with Crippen LogP contribution in [-0.2, 0) is 16.3 Å². The first-order chi connectivity index (χ1) is 10.0. The Morgan fingerprint density at radius 3 is 2.67 bits per heavy atom. The van der Waals surface area contributed by atoms with Gasteiger partial charge in [0.1, 0.15) is 5.75 Å². The molecule has 0 aliphatic heterocycles. The number of ether oxygens (including phenoxy) is 1. The van der Waals surface area contributed by atoms with Crippen molar-refractivity contribution in [3.63, 3.8) is 0 Å². The van der Waals surface area contributed by atoms with E-state index in [9.17, 15) is 8.42 Å². The summed E-state index contributed by atoms with van der Waals surface area (Å²) in [5, 5.41) is -0.472. The lowest BCUT2D eigenvalue weighted by Crippen LogP contribution is -2.34. The molecule has 2 N–H and O–H groups in total. The fourth-order valence-corrected chi connectivity index (χ4v) is 5.98. The Balaban J connectivity index is 1.81. The van der Waals surface area contributed by atoms with Crippen LogP contribution in [-0.4, -0.2) is 26.5 Å². The van der Waals surface area contributed by atoms with Crippen LogP contribution < -0.4 is 10.5 Å². The molecule has 5 heteroatoms. The molecule has 0 bridgehead atoms. The number of benzene rings is 1. The Kier molecular flexibility index (Phi) is 3.97. The van der Waals surface area contributed by atoms with E-state index in [1.54, 1.807) is 7.11 Å². The first kappa shape index (κ1) is 14.9. The van der Waals surface area contributed by atoms with Gasteiger partial charge in [-0.25, -0.2) is 8.42 Å². The van der Waals surface area contributed by atoms with Crippen molar-refractivity contribution >= 4 is 9.84 Å². The smallest absolute Gasteiger partial charge is 0.155 e. The topological polar surface area (TPSA) is 69.4 Å². The summed E-state index contributed by atoms with van der Waals surface area (Å²) in [6.45, 7) is 0. The summed E-state index contributed by atoms with van der Waals surface area (Å²) in [6, 6.07) is 5.27. The Hall–Kier alpha value is -1.07. The standard InChI is InChI=1S/C16H23NO3S/c1-20-13-7-6-12-8-15(16(17)14(12)9-13)21(18,19)10-11-4-2-3-5-11/h6-7,9,11,15-16H,2-5,8,10,17H2,1H3. The van der Waals surface area contributed by atoms with E-state index in [0.29, 0.717) is 18.1 Å². The van der Waals surface area contributed by atoms with E-state index in [-0.39, 0.29) is 0 Å². The molecule has 2 unspecified atom stereocenters. The minimum atomic E-state index is -3.15. The van der Waals surface area contributed by atoms with Crippen LogP contribution in [0.3, 0.4) is 0 Å². The number of hydrogen-bond acceptors (Lipinski definition) is 4. The summed E-state index contributed by atoms with van der Waals surface area (Å²) in [7, 11) is -1.54. The first-order valence-corrected chi connectivity index (χ1v) is 9.37. The van der Waals surface area contributed by atoms with Gasteiger partial charge in [0.2, 0.25) is 0 Å². The molecule has 0 radical (unpaired) electrons. The largest absolute Gasteiger partial charge is 0.497 e. The molecule has 116 valence electrons. The zero-order valence-corrected chi connectivity index (χ0v) is 13.2. The van der Waals surface area contributed by atoms with Crippen molar-refractivity contribution in [1.82, 2.24) is 0 Å². The minimum absolute atomic E-state index is 0.302. The second-order valence-electron chi connectivity index (χ2n) is 6.31. The maximum atomic E-state index is 12.7. The third-order valence-corrected chi connectivity index (χ3v) is 7.26. The lowest BCUT2D eigenvalue weighted by molar-refractivity contribution is 0.414. The molecule has 0 aromatic heterocycles. The zero-order chi connectivity index (χ0) is 15.0. The number of hydrogen-bond donors (Lipinski definition) is 1. The van der Waals surface area contributed by atoms with Gasteiger partial charge in [-0.1, -0.05) is 18.9 Å². The second-order valence-corrected chi connectivity index (χ2v) is 8.58. The van der Waals surface area contributed by atoms with E-state index in [1.165, 1.54) is 0 Å². The SMILES string of the molecule is COc1ccc2c(c1)C(N)C(S(=O)(=O)CC1CCCC1)C2. The molecule has 2 aliphatic carbocycles. The first-order valence-electron chi connectivity index (χ1n) is 7.65. The fourth-order valence-electron chi connectivity index (χ4n) is 3.72. The van der Waals surface area contributed by atoms with Gasteiger partial charge in [-0.2, -0.15) is 0 Å². The van der Waals surface area contributed by atoms with Crippen molar-refractivity contribution in [2.24, 2.45) is 11.7 Å². The Morgan fingerprint density at radius 2 is 2.00 bits per heavy atom. The van der Waals surface area contributed by atoms with Crippen LogP contribution in [0, 0.1) is 5.92 Å². The lowest BCUT2D eigenvalue weighted by atomic mass is 10.1. The van der Waals surface area contributed by atoms with Crippen molar-refractivity contribution < 1.29 is 13.2 Å². The summed E-state index contributed by atoms with van der Waals surface area (Å²) in [6.07, 6.45) is 4.95. The van der Waals surface area contributed by atoms with Crippen molar-refractivity contribution in [2.45, 2.75) is 43.4 Å². The van der Waals surface area contributed by atoms with Crippen molar-refractivity contribution in [3.8, 4) is 5.75 Å². The molecule has 2 aliphatic rings. The van der Waals surface area contributed by atoms with Gasteiger partial charge in [0.25, 0.3) is 0 Å². The lowest BCUT2D eigenvalue weighted by Gasteiger charge is -2.19. The summed E-state index contributed by atoms with van der Waals surface area (Å²) in [5.74, 6) is 1.37. The molecule has 3 rings (SSSR count). The maximum absolute atomic E-state index is 12.7. The van der Waals surface area contributed by atoms with E-state index in [1.807, 2.05) is 18.2 Å². The number of fused-ring (bicyclic) bond motifs is 1. The molecule has 0 saturated heterocycles. The van der Waals surface area contributed by atoms with Crippen LogP contribution in [0.1, 0.15) is 42.9 Å².